The van der Waals surface area contributed by atoms with Crippen molar-refractivity contribution >= 4 is 29.4 Å². The number of nitrogens with zero attached hydrogens (tertiary/aromatic N) is 1. The highest BCUT2D eigenvalue weighted by Crippen LogP contribution is 2.29. The predicted octanol–water partition coefficient (Wildman–Crippen LogP) is 6.99. The Bertz CT molecular complexity index is 437. The lowest BCUT2D eigenvalue weighted by Gasteiger charge is -2.38. The zero-order valence-electron chi connectivity index (χ0n) is 16.2. The van der Waals surface area contributed by atoms with Crippen molar-refractivity contribution < 1.29 is 4.79 Å². The third-order valence-corrected chi connectivity index (χ3v) is 6.01. The van der Waals surface area contributed by atoms with E-state index >= 15 is 0 Å². The van der Waals surface area contributed by atoms with Crippen LogP contribution in [0.25, 0.3) is 0 Å². The van der Waals surface area contributed by atoms with Gasteiger partial charge in [0.05, 0.1) is 9.39 Å². The van der Waals surface area contributed by atoms with E-state index in [1.54, 1.807) is 0 Å². The second kappa shape index (κ2) is 12.7. The molecule has 2 amide bonds. The average molecular weight is 387 g/mol. The maximum absolute atomic E-state index is 13.1. The van der Waals surface area contributed by atoms with Gasteiger partial charge < -0.3 is 10.2 Å². The Kier molecular flexibility index (Phi) is 11.4. The monoisotopic (exact) mass is 386 g/mol. The van der Waals surface area contributed by atoms with Gasteiger partial charge in [-0.2, -0.15) is 0 Å². The average Bonchev–Trinajstić information content (AvgIpc) is 2.84. The topological polar surface area (TPSA) is 32.3 Å². The first-order chi connectivity index (χ1) is 12.0. The summed E-state index contributed by atoms with van der Waals surface area (Å²) in [5.74, 6) is 0. The van der Waals surface area contributed by atoms with Crippen molar-refractivity contribution in [2.75, 3.05) is 0 Å². The van der Waals surface area contributed by atoms with Crippen LogP contribution in [0, 0.1) is 0 Å². The Labute approximate surface area is 163 Å². The van der Waals surface area contributed by atoms with Crippen LogP contribution in [0.15, 0.2) is 22.0 Å². The normalized spacial score (nSPS) is 16.6. The summed E-state index contributed by atoms with van der Waals surface area (Å²) < 4.78 is 0.630. The van der Waals surface area contributed by atoms with E-state index in [4.69, 9.17) is 11.6 Å². The molecule has 0 spiro atoms. The highest BCUT2D eigenvalue weighted by molar-refractivity contribution is 8.08. The van der Waals surface area contributed by atoms with Gasteiger partial charge in [0.15, 0.2) is 0 Å². The molecule has 0 saturated heterocycles. The van der Waals surface area contributed by atoms with Gasteiger partial charge in [0, 0.05) is 12.1 Å². The van der Waals surface area contributed by atoms with E-state index in [9.17, 15) is 4.79 Å². The number of carbonyl (C=O) groups is 1. The van der Waals surface area contributed by atoms with Gasteiger partial charge >= 0.3 is 6.03 Å². The molecule has 0 heterocycles. The highest BCUT2D eigenvalue weighted by Gasteiger charge is 2.30. The van der Waals surface area contributed by atoms with Gasteiger partial charge in [0.2, 0.25) is 0 Å². The number of hydrogen-bond acceptors (Lipinski definition) is 2. The fourth-order valence-corrected chi connectivity index (χ4v) is 4.41. The number of urea groups is 1. The van der Waals surface area contributed by atoms with Crippen LogP contribution in [0.3, 0.4) is 0 Å². The molecule has 25 heavy (non-hydrogen) atoms. The molecular weight excluding hydrogens is 352 g/mol. The molecule has 0 unspecified atom stereocenters. The van der Waals surface area contributed by atoms with E-state index < -0.39 is 0 Å². The van der Waals surface area contributed by atoms with Gasteiger partial charge in [0.25, 0.3) is 0 Å². The standard InChI is InChI=1S/C20H35ClN2OS/c1-5-12-17(13-6-2)23(18-14-10-8-9-11-15-18)20(24)22-16(4)25-19(21)7-3/h7,17-18H,4-6,8-15H2,1-3H3,(H,22,24)/b19-7-. The van der Waals surface area contributed by atoms with Gasteiger partial charge in [-0.05, 0) is 32.6 Å². The molecule has 0 aromatic rings. The van der Waals surface area contributed by atoms with Crippen LogP contribution in [-0.2, 0) is 0 Å². The molecule has 3 nitrogen and oxygen atoms in total. The summed E-state index contributed by atoms with van der Waals surface area (Å²) in [6.07, 6.45) is 13.4. The molecule has 1 saturated carbocycles. The minimum Gasteiger partial charge on any atom is -0.319 e. The number of allylic oxidation sites excluding steroid dienone is 1. The highest BCUT2D eigenvalue weighted by atomic mass is 35.5. The van der Waals surface area contributed by atoms with E-state index in [-0.39, 0.29) is 6.03 Å². The number of rotatable bonds is 9. The predicted molar refractivity (Wildman–Crippen MR) is 112 cm³/mol. The first-order valence-electron chi connectivity index (χ1n) is 9.81. The van der Waals surface area contributed by atoms with Crippen LogP contribution in [0.4, 0.5) is 4.79 Å². The number of nitrogens with one attached hydrogen (secondary N) is 1. The summed E-state index contributed by atoms with van der Waals surface area (Å²) in [6, 6.07) is 0.658. The summed E-state index contributed by atoms with van der Waals surface area (Å²) in [5, 5.41) is 3.59. The first-order valence-corrected chi connectivity index (χ1v) is 11.0. The van der Waals surface area contributed by atoms with E-state index in [2.05, 4.69) is 30.6 Å². The third-order valence-electron chi connectivity index (χ3n) is 4.78. The minimum atomic E-state index is -0.00290. The lowest BCUT2D eigenvalue weighted by molar-refractivity contribution is 0.127. The summed E-state index contributed by atoms with van der Waals surface area (Å²) >= 11 is 7.36. The van der Waals surface area contributed by atoms with Crippen LogP contribution < -0.4 is 5.32 Å². The van der Waals surface area contributed by atoms with Gasteiger partial charge in [-0.25, -0.2) is 4.79 Å². The van der Waals surface area contributed by atoms with Crippen LogP contribution in [0.5, 0.6) is 0 Å². The Morgan fingerprint density at radius 3 is 2.28 bits per heavy atom. The van der Waals surface area contributed by atoms with Crippen molar-refractivity contribution in [2.24, 2.45) is 0 Å². The number of carbonyl (C=O) groups excluding carboxylic acids is 1. The van der Waals surface area contributed by atoms with Gasteiger partial charge in [0.1, 0.15) is 0 Å². The molecule has 0 bridgehead atoms. The largest absolute Gasteiger partial charge is 0.322 e. The molecule has 1 aliphatic rings. The molecular formula is C20H35ClN2OS. The van der Waals surface area contributed by atoms with Crippen molar-refractivity contribution in [1.29, 1.82) is 0 Å². The molecule has 1 N–H and O–H groups in total. The molecule has 1 fully saturated rings. The van der Waals surface area contributed by atoms with Crippen molar-refractivity contribution in [2.45, 2.75) is 97.1 Å². The lowest BCUT2D eigenvalue weighted by atomic mass is 9.99. The molecule has 0 aliphatic heterocycles. The second-order valence-corrected chi connectivity index (χ2v) is 8.60. The van der Waals surface area contributed by atoms with Crippen molar-refractivity contribution in [1.82, 2.24) is 10.2 Å². The maximum Gasteiger partial charge on any atom is 0.322 e. The van der Waals surface area contributed by atoms with Crippen molar-refractivity contribution in [3.05, 3.63) is 22.0 Å². The molecule has 0 radical (unpaired) electrons. The fraction of sp³-hybridized carbons (Fsp3) is 0.750. The molecule has 0 atom stereocenters. The van der Waals surface area contributed by atoms with E-state index in [1.807, 2.05) is 13.0 Å². The number of halogens is 1. The molecule has 0 aromatic heterocycles. The summed E-state index contributed by atoms with van der Waals surface area (Å²) in [5.41, 5.74) is 0. The van der Waals surface area contributed by atoms with Crippen LogP contribution in [0.1, 0.15) is 85.0 Å². The van der Waals surface area contributed by atoms with Crippen LogP contribution in [0.2, 0.25) is 0 Å². The van der Waals surface area contributed by atoms with Crippen LogP contribution in [-0.4, -0.2) is 23.0 Å². The number of amides is 2. The zero-order valence-corrected chi connectivity index (χ0v) is 17.7. The Balaban J connectivity index is 2.90. The Hall–Kier alpha value is -0.610. The lowest BCUT2D eigenvalue weighted by Crippen LogP contribution is -2.51. The molecule has 144 valence electrons. The molecule has 1 rings (SSSR count). The molecule has 5 heteroatoms. The summed E-state index contributed by atoms with van der Waals surface area (Å²) in [6.45, 7) is 10.2. The Morgan fingerprint density at radius 2 is 1.80 bits per heavy atom. The third kappa shape index (κ3) is 8.08. The van der Waals surface area contributed by atoms with E-state index in [1.165, 1.54) is 37.4 Å². The van der Waals surface area contributed by atoms with E-state index in [0.717, 1.165) is 38.5 Å². The van der Waals surface area contributed by atoms with Gasteiger partial charge in [-0.1, -0.05) is 88.4 Å². The van der Waals surface area contributed by atoms with Crippen LogP contribution >= 0.6 is 23.4 Å². The number of hydrogen-bond donors (Lipinski definition) is 1. The SMILES string of the molecule is C=C(NC(=O)N(C(CCC)CCC)C1CCCCCC1)S/C(Cl)=C\C. The maximum atomic E-state index is 13.1. The zero-order chi connectivity index (χ0) is 18.7. The van der Waals surface area contributed by atoms with Gasteiger partial charge in [-0.3, -0.25) is 0 Å². The minimum absolute atomic E-state index is 0.00290. The van der Waals surface area contributed by atoms with Crippen molar-refractivity contribution in [3.63, 3.8) is 0 Å². The summed E-state index contributed by atoms with van der Waals surface area (Å²) in [4.78, 5) is 15.3. The number of thioether (sulfide) groups is 1. The molecule has 1 aliphatic carbocycles. The summed E-state index contributed by atoms with van der Waals surface area (Å²) in [7, 11) is 0. The van der Waals surface area contributed by atoms with Gasteiger partial charge in [-0.15, -0.1) is 0 Å². The quantitative estimate of drug-likeness (QED) is 0.433. The van der Waals surface area contributed by atoms with Crippen molar-refractivity contribution in [3.8, 4) is 0 Å². The fourth-order valence-electron chi connectivity index (χ4n) is 3.64. The Morgan fingerprint density at radius 1 is 1.24 bits per heavy atom. The molecule has 0 aromatic carbocycles. The first kappa shape index (κ1) is 22.4. The smallest absolute Gasteiger partial charge is 0.319 e. The second-order valence-electron chi connectivity index (χ2n) is 6.83. The van der Waals surface area contributed by atoms with E-state index in [0.29, 0.717) is 21.5 Å².